The van der Waals surface area contributed by atoms with Gasteiger partial charge in [0.15, 0.2) is 0 Å². The van der Waals surface area contributed by atoms with E-state index < -0.39 is 0 Å². The Morgan fingerprint density at radius 1 is 1.45 bits per heavy atom. The van der Waals surface area contributed by atoms with E-state index in [2.05, 4.69) is 15.3 Å². The summed E-state index contributed by atoms with van der Waals surface area (Å²) in [7, 11) is 0. The standard InChI is InChI=1S/C14H12ClN3OS/c15-11-3-1-2-9-6-12(20-13(9)11)14(19)17-5-4-10-7-16-8-18-10/h1-3,6-8H,4-5H2,(H,16,18)(H,17,19). The lowest BCUT2D eigenvalue weighted by atomic mass is 10.2. The highest BCUT2D eigenvalue weighted by Gasteiger charge is 2.11. The van der Waals surface area contributed by atoms with Gasteiger partial charge in [-0.15, -0.1) is 11.3 Å². The predicted molar refractivity (Wildman–Crippen MR) is 81.5 cm³/mol. The molecule has 0 radical (unpaired) electrons. The van der Waals surface area contributed by atoms with E-state index >= 15 is 0 Å². The molecule has 0 fully saturated rings. The van der Waals surface area contributed by atoms with E-state index in [9.17, 15) is 4.79 Å². The Hall–Kier alpha value is -1.85. The zero-order valence-electron chi connectivity index (χ0n) is 10.5. The van der Waals surface area contributed by atoms with E-state index in [4.69, 9.17) is 11.6 Å². The average Bonchev–Trinajstić information content (AvgIpc) is 3.07. The number of imidazole rings is 1. The van der Waals surface area contributed by atoms with Crippen LogP contribution >= 0.6 is 22.9 Å². The summed E-state index contributed by atoms with van der Waals surface area (Å²) in [5.41, 5.74) is 1.00. The first-order valence-corrected chi connectivity index (χ1v) is 7.37. The second-order valence-electron chi connectivity index (χ2n) is 4.35. The van der Waals surface area contributed by atoms with Crippen LogP contribution in [0.2, 0.25) is 5.02 Å². The van der Waals surface area contributed by atoms with Crippen LogP contribution in [0, 0.1) is 0 Å². The lowest BCUT2D eigenvalue weighted by Gasteiger charge is -2.01. The Kier molecular flexibility index (Phi) is 3.71. The Morgan fingerprint density at radius 2 is 2.35 bits per heavy atom. The molecule has 2 heterocycles. The van der Waals surface area contributed by atoms with Crippen molar-refractivity contribution in [3.63, 3.8) is 0 Å². The highest BCUT2D eigenvalue weighted by atomic mass is 35.5. The number of nitrogens with one attached hydrogen (secondary N) is 2. The molecule has 20 heavy (non-hydrogen) atoms. The summed E-state index contributed by atoms with van der Waals surface area (Å²) in [5, 5.41) is 4.58. The molecule has 1 amide bonds. The number of rotatable bonds is 4. The van der Waals surface area contributed by atoms with Crippen LogP contribution in [0.15, 0.2) is 36.8 Å². The SMILES string of the molecule is O=C(NCCc1cnc[nH]1)c1cc2cccc(Cl)c2s1. The smallest absolute Gasteiger partial charge is 0.261 e. The molecule has 0 atom stereocenters. The molecule has 4 nitrogen and oxygen atoms in total. The summed E-state index contributed by atoms with van der Waals surface area (Å²) in [6.45, 7) is 0.572. The third-order valence-corrected chi connectivity index (χ3v) is 4.56. The average molecular weight is 306 g/mol. The van der Waals surface area contributed by atoms with Gasteiger partial charge in [-0.05, 0) is 17.5 Å². The predicted octanol–water partition coefficient (Wildman–Crippen LogP) is 3.25. The molecule has 0 saturated heterocycles. The van der Waals surface area contributed by atoms with E-state index in [1.165, 1.54) is 11.3 Å². The Balaban J connectivity index is 1.68. The molecule has 102 valence electrons. The van der Waals surface area contributed by atoms with Crippen LogP contribution in [0.5, 0.6) is 0 Å². The molecule has 2 N–H and O–H groups in total. The van der Waals surface area contributed by atoms with Crippen molar-refractivity contribution in [1.82, 2.24) is 15.3 Å². The number of carbonyl (C=O) groups excluding carboxylic acids is 1. The number of thiophene rings is 1. The van der Waals surface area contributed by atoms with Crippen molar-refractivity contribution in [2.75, 3.05) is 6.54 Å². The van der Waals surface area contributed by atoms with E-state index in [0.29, 0.717) is 16.4 Å². The van der Waals surface area contributed by atoms with Gasteiger partial charge in [0, 0.05) is 24.9 Å². The van der Waals surface area contributed by atoms with Gasteiger partial charge in [0.1, 0.15) is 0 Å². The Bertz CT molecular complexity index is 736. The number of benzene rings is 1. The van der Waals surface area contributed by atoms with Crippen LogP contribution < -0.4 is 5.32 Å². The van der Waals surface area contributed by atoms with Gasteiger partial charge >= 0.3 is 0 Å². The largest absolute Gasteiger partial charge is 0.351 e. The monoisotopic (exact) mass is 305 g/mol. The van der Waals surface area contributed by atoms with Gasteiger partial charge in [0.25, 0.3) is 5.91 Å². The third kappa shape index (κ3) is 2.69. The van der Waals surface area contributed by atoms with E-state index in [-0.39, 0.29) is 5.91 Å². The molecule has 3 rings (SSSR count). The van der Waals surface area contributed by atoms with Crippen molar-refractivity contribution in [3.8, 4) is 0 Å². The van der Waals surface area contributed by atoms with Crippen molar-refractivity contribution in [3.05, 3.63) is 52.4 Å². The number of fused-ring (bicyclic) bond motifs is 1. The minimum atomic E-state index is -0.0678. The van der Waals surface area contributed by atoms with Crippen molar-refractivity contribution >= 4 is 38.9 Å². The number of nitrogens with zero attached hydrogens (tertiary/aromatic N) is 1. The van der Waals surface area contributed by atoms with Gasteiger partial charge in [-0.1, -0.05) is 23.7 Å². The van der Waals surface area contributed by atoms with E-state index in [1.54, 1.807) is 12.5 Å². The van der Waals surface area contributed by atoms with Crippen molar-refractivity contribution in [1.29, 1.82) is 0 Å². The molecule has 0 spiro atoms. The van der Waals surface area contributed by atoms with Crippen molar-refractivity contribution in [2.24, 2.45) is 0 Å². The normalized spacial score (nSPS) is 10.8. The summed E-state index contributed by atoms with van der Waals surface area (Å²) in [4.78, 5) is 19.7. The minimum Gasteiger partial charge on any atom is -0.351 e. The topological polar surface area (TPSA) is 57.8 Å². The maximum atomic E-state index is 12.1. The molecular formula is C14H12ClN3OS. The lowest BCUT2D eigenvalue weighted by molar-refractivity contribution is 0.0958. The summed E-state index contributed by atoms with van der Waals surface area (Å²) in [6, 6.07) is 7.55. The van der Waals surface area contributed by atoms with E-state index in [1.807, 2.05) is 24.3 Å². The quantitative estimate of drug-likeness (QED) is 0.777. The Labute approximate surface area is 124 Å². The maximum absolute atomic E-state index is 12.1. The van der Waals surface area contributed by atoms with Crippen LogP contribution in [0.25, 0.3) is 10.1 Å². The summed E-state index contributed by atoms with van der Waals surface area (Å²) in [6.07, 6.45) is 4.12. The highest BCUT2D eigenvalue weighted by Crippen LogP contribution is 2.31. The molecule has 0 bridgehead atoms. The fraction of sp³-hybridized carbons (Fsp3) is 0.143. The van der Waals surface area contributed by atoms with Gasteiger partial charge in [0.05, 0.1) is 20.9 Å². The second-order valence-corrected chi connectivity index (χ2v) is 5.81. The van der Waals surface area contributed by atoms with Gasteiger partial charge in [0.2, 0.25) is 0 Å². The maximum Gasteiger partial charge on any atom is 0.261 e. The first kappa shape index (κ1) is 13.1. The number of halogens is 1. The summed E-state index contributed by atoms with van der Waals surface area (Å²) >= 11 is 7.53. The van der Waals surface area contributed by atoms with Crippen LogP contribution in [0.3, 0.4) is 0 Å². The first-order valence-electron chi connectivity index (χ1n) is 6.17. The number of H-pyrrole nitrogens is 1. The fourth-order valence-electron chi connectivity index (χ4n) is 1.96. The number of amides is 1. The highest BCUT2D eigenvalue weighted by molar-refractivity contribution is 7.21. The molecular weight excluding hydrogens is 294 g/mol. The number of hydrogen-bond donors (Lipinski definition) is 2. The van der Waals surface area contributed by atoms with Crippen molar-refractivity contribution in [2.45, 2.75) is 6.42 Å². The molecule has 0 saturated carbocycles. The number of aromatic amines is 1. The molecule has 0 unspecified atom stereocenters. The fourth-order valence-corrected chi connectivity index (χ4v) is 3.24. The summed E-state index contributed by atoms with van der Waals surface area (Å²) < 4.78 is 0.952. The van der Waals surface area contributed by atoms with Crippen LogP contribution in [-0.4, -0.2) is 22.4 Å². The second kappa shape index (κ2) is 5.64. The molecule has 0 aliphatic heterocycles. The molecule has 0 aliphatic rings. The minimum absolute atomic E-state index is 0.0678. The van der Waals surface area contributed by atoms with Gasteiger partial charge in [-0.2, -0.15) is 0 Å². The molecule has 3 aromatic rings. The third-order valence-electron chi connectivity index (χ3n) is 2.95. The van der Waals surface area contributed by atoms with Gasteiger partial charge in [-0.25, -0.2) is 4.98 Å². The van der Waals surface area contributed by atoms with Crippen molar-refractivity contribution < 1.29 is 4.79 Å². The summed E-state index contributed by atoms with van der Waals surface area (Å²) in [5.74, 6) is -0.0678. The zero-order valence-corrected chi connectivity index (χ0v) is 12.1. The van der Waals surface area contributed by atoms with Crippen LogP contribution in [0.4, 0.5) is 0 Å². The molecule has 6 heteroatoms. The number of carbonyl (C=O) groups is 1. The number of aromatic nitrogens is 2. The molecule has 0 aliphatic carbocycles. The number of hydrogen-bond acceptors (Lipinski definition) is 3. The molecule has 1 aromatic carbocycles. The lowest BCUT2D eigenvalue weighted by Crippen LogP contribution is -2.24. The van der Waals surface area contributed by atoms with Gasteiger partial charge in [-0.3, -0.25) is 4.79 Å². The Morgan fingerprint density at radius 3 is 3.10 bits per heavy atom. The van der Waals surface area contributed by atoms with Gasteiger partial charge < -0.3 is 10.3 Å². The first-order chi connectivity index (χ1) is 9.74. The molecule has 2 aromatic heterocycles. The van der Waals surface area contributed by atoms with Crippen LogP contribution in [-0.2, 0) is 6.42 Å². The van der Waals surface area contributed by atoms with E-state index in [0.717, 1.165) is 22.2 Å². The zero-order chi connectivity index (χ0) is 13.9. The van der Waals surface area contributed by atoms with Crippen LogP contribution in [0.1, 0.15) is 15.4 Å².